The molecular formula is C16H19NO3. The molecule has 1 aromatic carbocycles. The van der Waals surface area contributed by atoms with Crippen LogP contribution >= 0.6 is 0 Å². The van der Waals surface area contributed by atoms with E-state index in [1.54, 1.807) is 0 Å². The Bertz CT molecular complexity index is 584. The molecule has 1 heterocycles. The lowest BCUT2D eigenvalue weighted by molar-refractivity contribution is -0.139. The van der Waals surface area contributed by atoms with Gasteiger partial charge in [-0.3, -0.25) is 4.79 Å². The highest BCUT2D eigenvalue weighted by Gasteiger charge is 2.16. The summed E-state index contributed by atoms with van der Waals surface area (Å²) in [5.41, 5.74) is 4.10. The first-order chi connectivity index (χ1) is 9.60. The summed E-state index contributed by atoms with van der Waals surface area (Å²) in [6.07, 6.45) is 1.81. The van der Waals surface area contributed by atoms with Crippen molar-refractivity contribution in [3.05, 3.63) is 52.4 Å². The highest BCUT2D eigenvalue weighted by Crippen LogP contribution is 2.17. The third-order valence-corrected chi connectivity index (χ3v) is 3.38. The average Bonchev–Trinajstić information content (AvgIpc) is 2.79. The van der Waals surface area contributed by atoms with Crippen LogP contribution in [-0.4, -0.2) is 18.2 Å². The zero-order chi connectivity index (χ0) is 14.5. The number of hydrogen-bond acceptors (Lipinski definition) is 4. The number of rotatable bonds is 5. The van der Waals surface area contributed by atoms with Crippen molar-refractivity contribution in [1.82, 2.24) is 5.16 Å². The van der Waals surface area contributed by atoms with Gasteiger partial charge in [0.25, 0.3) is 0 Å². The van der Waals surface area contributed by atoms with Gasteiger partial charge in [0, 0.05) is 12.0 Å². The molecular weight excluding hydrogens is 254 g/mol. The number of carbonyl (C=O) groups is 1. The van der Waals surface area contributed by atoms with E-state index < -0.39 is 0 Å². The summed E-state index contributed by atoms with van der Waals surface area (Å²) in [6.45, 7) is 3.91. The van der Waals surface area contributed by atoms with Gasteiger partial charge in [-0.15, -0.1) is 0 Å². The smallest absolute Gasteiger partial charge is 0.310 e. The number of esters is 1. The van der Waals surface area contributed by atoms with Crippen molar-refractivity contribution in [2.45, 2.75) is 33.1 Å². The zero-order valence-electron chi connectivity index (χ0n) is 12.1. The second-order valence-corrected chi connectivity index (χ2v) is 4.91. The summed E-state index contributed by atoms with van der Waals surface area (Å²) in [6, 6.07) is 8.41. The molecule has 4 heteroatoms. The lowest BCUT2D eigenvalue weighted by Crippen LogP contribution is -2.07. The number of hydrogen-bond donors (Lipinski definition) is 0. The van der Waals surface area contributed by atoms with Crippen LogP contribution in [0.5, 0.6) is 0 Å². The van der Waals surface area contributed by atoms with Crippen molar-refractivity contribution in [3.8, 4) is 0 Å². The first-order valence-corrected chi connectivity index (χ1v) is 6.66. The van der Waals surface area contributed by atoms with E-state index in [2.05, 4.69) is 36.3 Å². The Labute approximate surface area is 118 Å². The Kier molecular flexibility index (Phi) is 4.56. The van der Waals surface area contributed by atoms with Crippen LogP contribution in [-0.2, 0) is 28.8 Å². The molecule has 0 N–H and O–H groups in total. The summed E-state index contributed by atoms with van der Waals surface area (Å²) in [7, 11) is 1.39. The van der Waals surface area contributed by atoms with Crippen LogP contribution in [0.1, 0.15) is 28.1 Å². The Morgan fingerprint density at radius 3 is 2.55 bits per heavy atom. The highest BCUT2D eigenvalue weighted by atomic mass is 16.5. The summed E-state index contributed by atoms with van der Waals surface area (Å²) in [4.78, 5) is 11.4. The topological polar surface area (TPSA) is 52.3 Å². The van der Waals surface area contributed by atoms with Crippen LogP contribution in [0.15, 0.2) is 28.8 Å². The minimum Gasteiger partial charge on any atom is -0.469 e. The van der Waals surface area contributed by atoms with Gasteiger partial charge in [0.15, 0.2) is 0 Å². The number of carbonyl (C=O) groups excluding carboxylic acids is 1. The maximum atomic E-state index is 11.4. The largest absolute Gasteiger partial charge is 0.469 e. The molecule has 0 aliphatic heterocycles. The minimum absolute atomic E-state index is 0.217. The maximum absolute atomic E-state index is 11.4. The van der Waals surface area contributed by atoms with Crippen LogP contribution in [0.2, 0.25) is 0 Å². The Morgan fingerprint density at radius 1 is 1.20 bits per heavy atom. The SMILES string of the molecule is COC(=O)Cc1c(C)noc1CCc1ccc(C)cc1. The van der Waals surface area contributed by atoms with E-state index in [4.69, 9.17) is 9.26 Å². The molecule has 0 radical (unpaired) electrons. The quantitative estimate of drug-likeness (QED) is 0.786. The number of aryl methyl sites for hydroxylation is 4. The van der Waals surface area contributed by atoms with Gasteiger partial charge in [0.2, 0.25) is 0 Å². The summed E-state index contributed by atoms with van der Waals surface area (Å²) in [5, 5.41) is 3.95. The number of nitrogens with zero attached hydrogens (tertiary/aromatic N) is 1. The third-order valence-electron chi connectivity index (χ3n) is 3.38. The van der Waals surface area contributed by atoms with E-state index >= 15 is 0 Å². The molecule has 2 aromatic rings. The molecule has 0 saturated heterocycles. The summed E-state index contributed by atoms with van der Waals surface area (Å²) >= 11 is 0. The van der Waals surface area contributed by atoms with E-state index in [-0.39, 0.29) is 12.4 Å². The van der Waals surface area contributed by atoms with Gasteiger partial charge in [-0.25, -0.2) is 0 Å². The molecule has 2 rings (SSSR count). The molecule has 0 unspecified atom stereocenters. The number of ether oxygens (including phenoxy) is 1. The second kappa shape index (κ2) is 6.37. The third kappa shape index (κ3) is 3.47. The molecule has 4 nitrogen and oxygen atoms in total. The van der Waals surface area contributed by atoms with E-state index in [0.29, 0.717) is 0 Å². The van der Waals surface area contributed by atoms with Gasteiger partial charge in [-0.1, -0.05) is 35.0 Å². The van der Waals surface area contributed by atoms with Crippen LogP contribution < -0.4 is 0 Å². The Hall–Kier alpha value is -2.10. The molecule has 0 aliphatic carbocycles. The minimum atomic E-state index is -0.270. The second-order valence-electron chi connectivity index (χ2n) is 4.91. The highest BCUT2D eigenvalue weighted by molar-refractivity contribution is 5.72. The fourth-order valence-electron chi connectivity index (χ4n) is 2.09. The molecule has 0 saturated carbocycles. The maximum Gasteiger partial charge on any atom is 0.310 e. The van der Waals surface area contributed by atoms with E-state index in [9.17, 15) is 4.79 Å². The standard InChI is InChI=1S/C16H19NO3/c1-11-4-6-13(7-5-11)8-9-15-14(10-16(18)19-3)12(2)17-20-15/h4-7H,8-10H2,1-3H3. The molecule has 0 spiro atoms. The first-order valence-electron chi connectivity index (χ1n) is 6.66. The Morgan fingerprint density at radius 2 is 1.90 bits per heavy atom. The number of benzene rings is 1. The van der Waals surface area contributed by atoms with Gasteiger partial charge in [0.05, 0.1) is 19.2 Å². The van der Waals surface area contributed by atoms with Gasteiger partial charge in [0.1, 0.15) is 5.76 Å². The number of aromatic nitrogens is 1. The molecule has 0 bridgehead atoms. The molecule has 0 atom stereocenters. The van der Waals surface area contributed by atoms with E-state index in [0.717, 1.165) is 29.9 Å². The lowest BCUT2D eigenvalue weighted by atomic mass is 10.0. The number of methoxy groups -OCH3 is 1. The van der Waals surface area contributed by atoms with Crippen molar-refractivity contribution >= 4 is 5.97 Å². The van der Waals surface area contributed by atoms with Crippen LogP contribution in [0, 0.1) is 13.8 Å². The van der Waals surface area contributed by atoms with Crippen LogP contribution in [0.25, 0.3) is 0 Å². The fraction of sp³-hybridized carbons (Fsp3) is 0.375. The first kappa shape index (κ1) is 14.3. The summed E-state index contributed by atoms with van der Waals surface area (Å²) in [5.74, 6) is 0.501. The van der Waals surface area contributed by atoms with Crippen LogP contribution in [0.4, 0.5) is 0 Å². The predicted molar refractivity (Wildman–Crippen MR) is 75.5 cm³/mol. The molecule has 20 heavy (non-hydrogen) atoms. The predicted octanol–water partition coefficient (Wildman–Crippen LogP) is 2.79. The van der Waals surface area contributed by atoms with Crippen molar-refractivity contribution < 1.29 is 14.1 Å². The molecule has 0 aliphatic rings. The fourth-order valence-corrected chi connectivity index (χ4v) is 2.09. The average molecular weight is 273 g/mol. The van der Waals surface area contributed by atoms with Crippen LogP contribution in [0.3, 0.4) is 0 Å². The van der Waals surface area contributed by atoms with Gasteiger partial charge >= 0.3 is 5.97 Å². The van der Waals surface area contributed by atoms with Crippen molar-refractivity contribution in [1.29, 1.82) is 0 Å². The molecule has 106 valence electrons. The normalized spacial score (nSPS) is 10.6. The molecule has 1 aromatic heterocycles. The van der Waals surface area contributed by atoms with E-state index in [1.807, 2.05) is 6.92 Å². The summed E-state index contributed by atoms with van der Waals surface area (Å²) < 4.78 is 10.0. The van der Waals surface area contributed by atoms with Gasteiger partial charge in [-0.2, -0.15) is 0 Å². The van der Waals surface area contributed by atoms with Crippen molar-refractivity contribution in [2.75, 3.05) is 7.11 Å². The Balaban J connectivity index is 2.06. The van der Waals surface area contributed by atoms with Gasteiger partial charge in [-0.05, 0) is 25.8 Å². The zero-order valence-corrected chi connectivity index (χ0v) is 12.1. The van der Waals surface area contributed by atoms with Gasteiger partial charge < -0.3 is 9.26 Å². The van der Waals surface area contributed by atoms with Crippen molar-refractivity contribution in [2.24, 2.45) is 0 Å². The van der Waals surface area contributed by atoms with Crippen molar-refractivity contribution in [3.63, 3.8) is 0 Å². The molecule has 0 fully saturated rings. The monoisotopic (exact) mass is 273 g/mol. The molecule has 0 amide bonds. The van der Waals surface area contributed by atoms with E-state index in [1.165, 1.54) is 18.2 Å². The lowest BCUT2D eigenvalue weighted by Gasteiger charge is -2.03.